The van der Waals surface area contributed by atoms with Crippen molar-refractivity contribution in [2.45, 2.75) is 69.9 Å². The standard InChI is InChI=1S/C37H37ClN2O6/c38-27-14-10-24(11-15-27)18-28(39-37(45)34-21-32(43)36-31(42)19-29(41)20-33(36)46-34)17-23-8-12-25(13-9-23)30-6-2-1-5-26(30)22-40-16-4-3-7-35(40)44/h1-2,5-6,10-11,14-15,17,19-21,25,28,41-42H,3-4,7-9,12-13,16,18,22H2,(H,39,45)/t25?,28-/m1/s1. The van der Waals surface area contributed by atoms with Crippen molar-refractivity contribution in [3.63, 3.8) is 0 Å². The molecular weight excluding hydrogens is 604 g/mol. The molecule has 2 amide bonds. The van der Waals surface area contributed by atoms with Gasteiger partial charge in [0.15, 0.2) is 11.2 Å². The largest absolute Gasteiger partial charge is 0.508 e. The Morgan fingerprint density at radius 2 is 1.76 bits per heavy atom. The Hall–Kier alpha value is -4.56. The maximum absolute atomic E-state index is 13.4. The normalized spacial score (nSPS) is 17.6. The first-order valence-electron chi connectivity index (χ1n) is 15.8. The summed E-state index contributed by atoms with van der Waals surface area (Å²) in [5.74, 6) is -0.865. The van der Waals surface area contributed by atoms with Crippen molar-refractivity contribution < 1.29 is 24.2 Å². The highest BCUT2D eigenvalue weighted by atomic mass is 35.5. The number of phenols is 2. The van der Waals surface area contributed by atoms with E-state index in [0.717, 1.165) is 62.8 Å². The van der Waals surface area contributed by atoms with E-state index in [1.165, 1.54) is 22.8 Å². The van der Waals surface area contributed by atoms with Crippen molar-refractivity contribution in [2.75, 3.05) is 6.54 Å². The van der Waals surface area contributed by atoms with Gasteiger partial charge in [-0.3, -0.25) is 14.4 Å². The number of piperidine rings is 1. The molecule has 1 saturated heterocycles. The molecule has 2 aliphatic rings. The molecule has 0 radical (unpaired) electrons. The molecule has 3 N–H and O–H groups in total. The van der Waals surface area contributed by atoms with Gasteiger partial charge in [0.2, 0.25) is 5.91 Å². The minimum absolute atomic E-state index is 0.0778. The predicted molar refractivity (Wildman–Crippen MR) is 177 cm³/mol. The summed E-state index contributed by atoms with van der Waals surface area (Å²) in [6, 6.07) is 18.8. The maximum Gasteiger partial charge on any atom is 0.287 e. The molecule has 2 heterocycles. The lowest BCUT2D eigenvalue weighted by Gasteiger charge is -2.31. The van der Waals surface area contributed by atoms with Crippen LogP contribution < -0.4 is 10.7 Å². The van der Waals surface area contributed by atoms with Gasteiger partial charge >= 0.3 is 0 Å². The van der Waals surface area contributed by atoms with Gasteiger partial charge in [0.1, 0.15) is 22.5 Å². The zero-order valence-electron chi connectivity index (χ0n) is 25.5. The number of fused-ring (bicyclic) bond motifs is 1. The molecule has 0 bridgehead atoms. The number of allylic oxidation sites excluding steroid dienone is 1. The van der Waals surface area contributed by atoms with Crippen molar-refractivity contribution in [3.05, 3.63) is 116 Å². The van der Waals surface area contributed by atoms with E-state index in [-0.39, 0.29) is 28.4 Å². The van der Waals surface area contributed by atoms with E-state index in [4.69, 9.17) is 16.0 Å². The number of carbonyl (C=O) groups is 2. The lowest BCUT2D eigenvalue weighted by atomic mass is 9.79. The van der Waals surface area contributed by atoms with Crippen molar-refractivity contribution in [2.24, 2.45) is 0 Å². The van der Waals surface area contributed by atoms with Crippen LogP contribution in [0.25, 0.3) is 11.0 Å². The second-order valence-corrected chi connectivity index (χ2v) is 12.7. The van der Waals surface area contributed by atoms with Gasteiger partial charge in [0, 0.05) is 42.7 Å². The summed E-state index contributed by atoms with van der Waals surface area (Å²) < 4.78 is 5.66. The number of hydrogen-bond donors (Lipinski definition) is 3. The average molecular weight is 641 g/mol. The summed E-state index contributed by atoms with van der Waals surface area (Å²) in [5.41, 5.74) is 4.10. The third-order valence-electron chi connectivity index (χ3n) is 9.05. The van der Waals surface area contributed by atoms with Gasteiger partial charge in [-0.05, 0) is 79.7 Å². The van der Waals surface area contributed by atoms with E-state index in [9.17, 15) is 24.6 Å². The fourth-order valence-electron chi connectivity index (χ4n) is 6.69. The zero-order chi connectivity index (χ0) is 32.2. The number of halogens is 1. The van der Waals surface area contributed by atoms with Gasteiger partial charge in [-0.25, -0.2) is 0 Å². The lowest BCUT2D eigenvalue weighted by molar-refractivity contribution is -0.133. The molecule has 3 aromatic carbocycles. The second kappa shape index (κ2) is 13.8. The molecule has 46 heavy (non-hydrogen) atoms. The first-order chi connectivity index (χ1) is 22.2. The molecule has 4 aromatic rings. The Bertz CT molecular complexity index is 1840. The van der Waals surface area contributed by atoms with Crippen LogP contribution in [0.4, 0.5) is 0 Å². The van der Waals surface area contributed by atoms with Crippen molar-refractivity contribution in [1.82, 2.24) is 10.2 Å². The van der Waals surface area contributed by atoms with Gasteiger partial charge in [-0.2, -0.15) is 0 Å². The Labute approximate surface area is 272 Å². The molecule has 1 aliphatic carbocycles. The van der Waals surface area contributed by atoms with E-state index >= 15 is 0 Å². The van der Waals surface area contributed by atoms with Crippen molar-refractivity contribution in [3.8, 4) is 11.5 Å². The monoisotopic (exact) mass is 640 g/mol. The number of nitrogens with one attached hydrogen (secondary N) is 1. The quantitative estimate of drug-likeness (QED) is 0.179. The number of likely N-dealkylation sites (tertiary alicyclic amines) is 1. The van der Waals surface area contributed by atoms with Crippen LogP contribution >= 0.6 is 11.6 Å². The fourth-order valence-corrected chi connectivity index (χ4v) is 6.82. The maximum atomic E-state index is 13.4. The highest BCUT2D eigenvalue weighted by Gasteiger charge is 2.25. The minimum Gasteiger partial charge on any atom is -0.508 e. The van der Waals surface area contributed by atoms with Gasteiger partial charge in [-0.1, -0.05) is 59.6 Å². The van der Waals surface area contributed by atoms with Crippen molar-refractivity contribution >= 4 is 34.4 Å². The molecule has 238 valence electrons. The molecular formula is C37H37ClN2O6. The number of amides is 2. The van der Waals surface area contributed by atoms with Gasteiger partial charge in [0.05, 0.1) is 6.04 Å². The summed E-state index contributed by atoms with van der Waals surface area (Å²) in [6.45, 7) is 1.48. The highest BCUT2D eigenvalue weighted by molar-refractivity contribution is 6.30. The first kappa shape index (κ1) is 31.4. The molecule has 1 atom stereocenters. The van der Waals surface area contributed by atoms with Crippen LogP contribution in [-0.4, -0.2) is 39.5 Å². The number of carbonyl (C=O) groups excluding carboxylic acids is 2. The van der Waals surface area contributed by atoms with E-state index in [1.54, 1.807) is 0 Å². The fraction of sp³-hybridized carbons (Fsp3) is 0.324. The van der Waals surface area contributed by atoms with Crippen LogP contribution in [0.5, 0.6) is 11.5 Å². The van der Waals surface area contributed by atoms with Crippen LogP contribution in [0.2, 0.25) is 5.02 Å². The van der Waals surface area contributed by atoms with Crippen LogP contribution in [0, 0.1) is 0 Å². The topological polar surface area (TPSA) is 120 Å². The summed E-state index contributed by atoms with van der Waals surface area (Å²) in [6.07, 6.45) is 8.94. The van der Waals surface area contributed by atoms with Gasteiger partial charge in [0.25, 0.3) is 5.91 Å². The Morgan fingerprint density at radius 3 is 2.52 bits per heavy atom. The van der Waals surface area contributed by atoms with Crippen LogP contribution in [0.15, 0.2) is 87.6 Å². The molecule has 6 rings (SSSR count). The SMILES string of the molecule is O=C(N[C@H](C=C1CCC(c2ccccc2CN2CCCCC2=O)CC1)Cc1ccc(Cl)cc1)c1cc(=O)c2c(O)cc(O)cc2o1. The average Bonchev–Trinajstić information content (AvgIpc) is 3.03. The van der Waals surface area contributed by atoms with Crippen LogP contribution in [-0.2, 0) is 17.8 Å². The molecule has 1 aromatic heterocycles. The van der Waals surface area contributed by atoms with E-state index in [0.29, 0.717) is 30.3 Å². The highest BCUT2D eigenvalue weighted by Crippen LogP contribution is 2.38. The molecule has 1 aliphatic heterocycles. The third kappa shape index (κ3) is 7.29. The predicted octanol–water partition coefficient (Wildman–Crippen LogP) is 7.00. The number of hydrogen-bond acceptors (Lipinski definition) is 6. The van der Waals surface area contributed by atoms with E-state index in [2.05, 4.69) is 35.7 Å². The first-order valence-corrected chi connectivity index (χ1v) is 16.2. The minimum atomic E-state index is -0.584. The number of rotatable bonds is 8. The van der Waals surface area contributed by atoms with Crippen molar-refractivity contribution in [1.29, 1.82) is 0 Å². The van der Waals surface area contributed by atoms with E-state index < -0.39 is 23.1 Å². The van der Waals surface area contributed by atoms with Gasteiger partial charge in [-0.15, -0.1) is 0 Å². The van der Waals surface area contributed by atoms with Crippen LogP contribution in [0.1, 0.15) is 78.1 Å². The molecule has 1 saturated carbocycles. The molecule has 8 nitrogen and oxygen atoms in total. The molecule has 9 heteroatoms. The molecule has 0 spiro atoms. The van der Waals surface area contributed by atoms with Gasteiger partial charge < -0.3 is 24.8 Å². The zero-order valence-corrected chi connectivity index (χ0v) is 26.3. The Balaban J connectivity index is 1.20. The summed E-state index contributed by atoms with van der Waals surface area (Å²) in [5, 5.41) is 23.5. The molecule has 0 unspecified atom stereocenters. The number of benzene rings is 3. The second-order valence-electron chi connectivity index (χ2n) is 12.3. The molecule has 2 fully saturated rings. The van der Waals surface area contributed by atoms with E-state index in [1.807, 2.05) is 29.2 Å². The third-order valence-corrected chi connectivity index (χ3v) is 9.30. The smallest absolute Gasteiger partial charge is 0.287 e. The van der Waals surface area contributed by atoms with Crippen LogP contribution in [0.3, 0.4) is 0 Å². The Morgan fingerprint density at radius 1 is 1.00 bits per heavy atom. The number of nitrogens with zero attached hydrogens (tertiary/aromatic N) is 1. The summed E-state index contributed by atoms with van der Waals surface area (Å²) >= 11 is 6.11. The summed E-state index contributed by atoms with van der Waals surface area (Å²) in [7, 11) is 0. The summed E-state index contributed by atoms with van der Waals surface area (Å²) in [4.78, 5) is 40.6. The Kier molecular flexibility index (Phi) is 9.45. The number of phenolic OH excluding ortho intramolecular Hbond substituents is 2. The number of aromatic hydroxyl groups is 2. The lowest BCUT2D eigenvalue weighted by Crippen LogP contribution is -2.36.